The van der Waals surface area contributed by atoms with E-state index in [2.05, 4.69) is 29.2 Å². The van der Waals surface area contributed by atoms with Gasteiger partial charge >= 0.3 is 0 Å². The smallest absolute Gasteiger partial charge is 0.243 e. The number of benzene rings is 2. The third-order valence-electron chi connectivity index (χ3n) is 6.97. The van der Waals surface area contributed by atoms with Crippen molar-refractivity contribution < 1.29 is 17.9 Å². The molecule has 7 nitrogen and oxygen atoms in total. The van der Waals surface area contributed by atoms with E-state index in [-0.39, 0.29) is 23.3 Å². The molecule has 0 bridgehead atoms. The second-order valence-corrected chi connectivity index (χ2v) is 11.4. The molecule has 0 N–H and O–H groups in total. The minimum Gasteiger partial charge on any atom is -0.494 e. The van der Waals surface area contributed by atoms with E-state index in [1.165, 1.54) is 9.87 Å². The standard InChI is InChI=1S/C28H37N3O4S/c1-3-35-27-14-13-26(21-23(27)2)36(33,34)31-16-8-12-25(22-31)28(32)30-19-17-29(18-20-30)15-7-11-24-9-5-4-6-10-24/h4-7,9-11,13-14,21,25H,3,8,12,15-20,22H2,1-2H3/b11-7+/t25-/m0/s1. The molecule has 36 heavy (non-hydrogen) atoms. The van der Waals surface area contributed by atoms with Gasteiger partial charge in [-0.3, -0.25) is 9.69 Å². The van der Waals surface area contributed by atoms with Gasteiger partial charge in [-0.05, 0) is 56.0 Å². The Hall–Kier alpha value is -2.68. The van der Waals surface area contributed by atoms with Crippen molar-refractivity contribution in [1.29, 1.82) is 0 Å². The molecule has 8 heteroatoms. The van der Waals surface area contributed by atoms with Crippen molar-refractivity contribution in [2.45, 2.75) is 31.6 Å². The first kappa shape index (κ1) is 26.4. The summed E-state index contributed by atoms with van der Waals surface area (Å²) >= 11 is 0. The number of aryl methyl sites for hydroxylation is 1. The predicted octanol–water partition coefficient (Wildman–Crippen LogP) is 3.65. The number of rotatable bonds is 8. The lowest BCUT2D eigenvalue weighted by Crippen LogP contribution is -2.53. The zero-order valence-corrected chi connectivity index (χ0v) is 22.1. The number of carbonyl (C=O) groups excluding carboxylic acids is 1. The summed E-state index contributed by atoms with van der Waals surface area (Å²) in [6.07, 6.45) is 5.71. The molecule has 2 aliphatic rings. The normalized spacial score (nSPS) is 20.1. The van der Waals surface area contributed by atoms with Crippen LogP contribution >= 0.6 is 0 Å². The fourth-order valence-corrected chi connectivity index (χ4v) is 6.53. The van der Waals surface area contributed by atoms with Crippen molar-refractivity contribution in [2.24, 2.45) is 5.92 Å². The van der Waals surface area contributed by atoms with Crippen molar-refractivity contribution in [3.8, 4) is 5.75 Å². The monoisotopic (exact) mass is 511 g/mol. The minimum absolute atomic E-state index is 0.0808. The fraction of sp³-hybridized carbons (Fsp3) is 0.464. The second-order valence-electron chi connectivity index (χ2n) is 9.50. The van der Waals surface area contributed by atoms with Crippen LogP contribution in [0, 0.1) is 12.8 Å². The SMILES string of the molecule is CCOc1ccc(S(=O)(=O)N2CCC[C@H](C(=O)N3CCN(C/C=C/c4ccccc4)CC3)C2)cc1C. The van der Waals surface area contributed by atoms with Gasteiger partial charge in [0.2, 0.25) is 15.9 Å². The van der Waals surface area contributed by atoms with Gasteiger partial charge in [-0.2, -0.15) is 4.31 Å². The van der Waals surface area contributed by atoms with E-state index in [1.54, 1.807) is 18.2 Å². The molecule has 2 fully saturated rings. The molecule has 2 aromatic rings. The quantitative estimate of drug-likeness (QED) is 0.541. The Bertz CT molecular complexity index is 1160. The lowest BCUT2D eigenvalue weighted by Gasteiger charge is -2.38. The maximum absolute atomic E-state index is 13.3. The van der Waals surface area contributed by atoms with Gasteiger partial charge in [-0.1, -0.05) is 42.5 Å². The van der Waals surface area contributed by atoms with Crippen molar-refractivity contribution in [3.63, 3.8) is 0 Å². The number of ether oxygens (including phenoxy) is 1. The van der Waals surface area contributed by atoms with E-state index in [1.807, 2.05) is 36.9 Å². The molecule has 194 valence electrons. The number of sulfonamides is 1. The van der Waals surface area contributed by atoms with Crippen molar-refractivity contribution in [3.05, 3.63) is 65.7 Å². The summed E-state index contributed by atoms with van der Waals surface area (Å²) in [5, 5.41) is 0. The van der Waals surface area contributed by atoms with E-state index >= 15 is 0 Å². The maximum Gasteiger partial charge on any atom is 0.243 e. The third-order valence-corrected chi connectivity index (χ3v) is 8.84. The Morgan fingerprint density at radius 2 is 1.81 bits per heavy atom. The topological polar surface area (TPSA) is 70.2 Å². The van der Waals surface area contributed by atoms with Gasteiger partial charge in [0.05, 0.1) is 17.4 Å². The molecule has 0 spiro atoms. The van der Waals surface area contributed by atoms with Crippen LogP contribution in [0.2, 0.25) is 0 Å². The molecule has 0 aromatic heterocycles. The van der Waals surface area contributed by atoms with Crippen LogP contribution in [-0.4, -0.2) is 80.9 Å². The average Bonchev–Trinajstić information content (AvgIpc) is 2.90. The van der Waals surface area contributed by atoms with Gasteiger partial charge < -0.3 is 9.64 Å². The zero-order chi connectivity index (χ0) is 25.5. The molecular formula is C28H37N3O4S. The highest BCUT2D eigenvalue weighted by Gasteiger charge is 2.36. The van der Waals surface area contributed by atoms with Gasteiger partial charge in [-0.25, -0.2) is 8.42 Å². The van der Waals surface area contributed by atoms with Crippen LogP contribution in [0.15, 0.2) is 59.5 Å². The van der Waals surface area contributed by atoms with Gasteiger partial charge in [0, 0.05) is 45.8 Å². The predicted molar refractivity (Wildman–Crippen MR) is 142 cm³/mol. The van der Waals surface area contributed by atoms with Gasteiger partial charge in [0.25, 0.3) is 0 Å². The molecule has 0 unspecified atom stereocenters. The van der Waals surface area contributed by atoms with Crippen LogP contribution < -0.4 is 4.74 Å². The Balaban J connectivity index is 1.31. The molecule has 1 amide bonds. The van der Waals surface area contributed by atoms with E-state index in [0.717, 1.165) is 31.6 Å². The van der Waals surface area contributed by atoms with Crippen LogP contribution in [0.1, 0.15) is 30.9 Å². The van der Waals surface area contributed by atoms with Crippen LogP contribution in [0.4, 0.5) is 0 Å². The number of hydrogen-bond donors (Lipinski definition) is 0. The number of piperazine rings is 1. The summed E-state index contributed by atoms with van der Waals surface area (Å²) in [5.74, 6) is 0.483. The van der Waals surface area contributed by atoms with Crippen LogP contribution in [0.3, 0.4) is 0 Å². The Labute approximate surface area is 215 Å². The maximum atomic E-state index is 13.3. The number of nitrogens with zero attached hydrogens (tertiary/aromatic N) is 3. The van der Waals surface area contributed by atoms with Gasteiger partial charge in [-0.15, -0.1) is 0 Å². The highest BCUT2D eigenvalue weighted by Crippen LogP contribution is 2.28. The molecule has 4 rings (SSSR count). The summed E-state index contributed by atoms with van der Waals surface area (Å²) in [5.41, 5.74) is 1.97. The highest BCUT2D eigenvalue weighted by molar-refractivity contribution is 7.89. The summed E-state index contributed by atoms with van der Waals surface area (Å²) in [4.78, 5) is 17.8. The van der Waals surface area contributed by atoms with Crippen molar-refractivity contribution >= 4 is 22.0 Å². The summed E-state index contributed by atoms with van der Waals surface area (Å²) in [7, 11) is -3.66. The Kier molecular flexibility index (Phi) is 8.82. The number of amides is 1. The molecule has 0 saturated carbocycles. The first-order valence-corrected chi connectivity index (χ1v) is 14.3. The zero-order valence-electron chi connectivity index (χ0n) is 21.3. The molecule has 0 aliphatic carbocycles. The van der Waals surface area contributed by atoms with Crippen LogP contribution in [-0.2, 0) is 14.8 Å². The van der Waals surface area contributed by atoms with Crippen molar-refractivity contribution in [1.82, 2.24) is 14.1 Å². The fourth-order valence-electron chi connectivity index (χ4n) is 4.92. The number of hydrogen-bond acceptors (Lipinski definition) is 5. The first-order valence-electron chi connectivity index (χ1n) is 12.8. The third kappa shape index (κ3) is 6.35. The van der Waals surface area contributed by atoms with Crippen molar-refractivity contribution in [2.75, 3.05) is 52.4 Å². The lowest BCUT2D eigenvalue weighted by molar-refractivity contribution is -0.138. The first-order chi connectivity index (χ1) is 17.4. The van der Waals surface area contributed by atoms with E-state index in [4.69, 9.17) is 4.74 Å². The molecular weight excluding hydrogens is 474 g/mol. The van der Waals surface area contributed by atoms with E-state index in [9.17, 15) is 13.2 Å². The van der Waals surface area contributed by atoms with Crippen LogP contribution in [0.5, 0.6) is 5.75 Å². The Morgan fingerprint density at radius 3 is 2.50 bits per heavy atom. The van der Waals surface area contributed by atoms with Crippen LogP contribution in [0.25, 0.3) is 6.08 Å². The summed E-state index contributed by atoms with van der Waals surface area (Å²) in [6.45, 7) is 8.83. The molecule has 2 aliphatic heterocycles. The molecule has 1 atom stereocenters. The highest BCUT2D eigenvalue weighted by atomic mass is 32.2. The largest absolute Gasteiger partial charge is 0.494 e. The molecule has 2 saturated heterocycles. The Morgan fingerprint density at radius 1 is 1.06 bits per heavy atom. The second kappa shape index (κ2) is 12.0. The van der Waals surface area contributed by atoms with Gasteiger partial charge in [0.15, 0.2) is 0 Å². The molecule has 2 heterocycles. The van der Waals surface area contributed by atoms with E-state index < -0.39 is 10.0 Å². The lowest BCUT2D eigenvalue weighted by atomic mass is 9.98. The summed E-state index contributed by atoms with van der Waals surface area (Å²) < 4.78 is 33.7. The number of carbonyl (C=O) groups is 1. The number of piperidine rings is 1. The van der Waals surface area contributed by atoms with Gasteiger partial charge in [0.1, 0.15) is 5.75 Å². The minimum atomic E-state index is -3.66. The molecule has 2 aromatic carbocycles. The summed E-state index contributed by atoms with van der Waals surface area (Å²) in [6, 6.07) is 15.2. The van der Waals surface area contributed by atoms with E-state index in [0.29, 0.717) is 38.4 Å². The molecule has 0 radical (unpaired) electrons. The average molecular weight is 512 g/mol.